The summed E-state index contributed by atoms with van der Waals surface area (Å²) >= 11 is 0. The SMILES string of the molecule is Cc1cn(-c2cncc3[nH]c(-c4n[nH]c5cnc(-c6ccncc6)cc45)nc23)cn1. The lowest BCUT2D eigenvalue weighted by molar-refractivity contribution is 1.05. The Morgan fingerprint density at radius 2 is 1.87 bits per heavy atom. The molecule has 0 aliphatic rings. The van der Waals surface area contributed by atoms with Crippen LogP contribution in [0.25, 0.3) is 50.4 Å². The maximum Gasteiger partial charge on any atom is 0.159 e. The second kappa shape index (κ2) is 6.31. The summed E-state index contributed by atoms with van der Waals surface area (Å²) in [5.74, 6) is 0.661. The summed E-state index contributed by atoms with van der Waals surface area (Å²) in [5, 5.41) is 8.47. The minimum atomic E-state index is 0.661. The average Bonchev–Trinajstić information content (AvgIpc) is 3.51. The second-order valence-corrected chi connectivity index (χ2v) is 6.99. The molecule has 0 aliphatic carbocycles. The highest BCUT2D eigenvalue weighted by Gasteiger charge is 2.16. The Bertz CT molecular complexity index is 1510. The van der Waals surface area contributed by atoms with Crippen molar-refractivity contribution in [2.75, 3.05) is 0 Å². The molecule has 0 atom stereocenters. The number of rotatable bonds is 3. The Balaban J connectivity index is 1.52. The smallest absolute Gasteiger partial charge is 0.159 e. The van der Waals surface area contributed by atoms with Crippen LogP contribution < -0.4 is 0 Å². The normalized spacial score (nSPS) is 11.5. The third kappa shape index (κ3) is 2.56. The molecule has 6 aromatic rings. The number of H-pyrrole nitrogens is 2. The van der Waals surface area contributed by atoms with Crippen LogP contribution in [0.15, 0.2) is 61.7 Å². The van der Waals surface area contributed by atoms with Crippen LogP contribution in [0.3, 0.4) is 0 Å². The number of aromatic amines is 2. The van der Waals surface area contributed by atoms with Crippen molar-refractivity contribution >= 4 is 21.9 Å². The first-order chi connectivity index (χ1) is 14.8. The van der Waals surface area contributed by atoms with Crippen molar-refractivity contribution in [1.29, 1.82) is 0 Å². The summed E-state index contributed by atoms with van der Waals surface area (Å²) in [6.45, 7) is 1.95. The van der Waals surface area contributed by atoms with Crippen molar-refractivity contribution in [2.24, 2.45) is 0 Å². The van der Waals surface area contributed by atoms with Gasteiger partial charge in [-0.15, -0.1) is 0 Å². The molecule has 0 saturated carbocycles. The van der Waals surface area contributed by atoms with Crippen LogP contribution in [-0.4, -0.2) is 44.7 Å². The molecule has 144 valence electrons. The molecule has 30 heavy (non-hydrogen) atoms. The molecule has 6 rings (SSSR count). The Hall–Kier alpha value is -4.40. The third-order valence-corrected chi connectivity index (χ3v) is 5.01. The van der Waals surface area contributed by atoms with Gasteiger partial charge in [0, 0.05) is 29.5 Å². The van der Waals surface area contributed by atoms with Gasteiger partial charge in [-0.05, 0) is 25.1 Å². The van der Waals surface area contributed by atoms with Crippen LogP contribution in [0.4, 0.5) is 0 Å². The number of nitrogens with one attached hydrogen (secondary N) is 2. The fourth-order valence-electron chi connectivity index (χ4n) is 3.55. The van der Waals surface area contributed by atoms with E-state index in [0.29, 0.717) is 5.82 Å². The molecule has 0 aliphatic heterocycles. The lowest BCUT2D eigenvalue weighted by Gasteiger charge is -2.01. The van der Waals surface area contributed by atoms with Gasteiger partial charge in [0.15, 0.2) is 5.82 Å². The quantitative estimate of drug-likeness (QED) is 0.476. The Kier molecular flexibility index (Phi) is 3.48. The summed E-state index contributed by atoms with van der Waals surface area (Å²) in [4.78, 5) is 25.4. The van der Waals surface area contributed by atoms with Gasteiger partial charge in [-0.3, -0.25) is 20.1 Å². The molecule has 9 heteroatoms. The lowest BCUT2D eigenvalue weighted by Crippen LogP contribution is -1.92. The van der Waals surface area contributed by atoms with Gasteiger partial charge in [0.1, 0.15) is 11.2 Å². The van der Waals surface area contributed by atoms with Crippen LogP contribution in [-0.2, 0) is 0 Å². The van der Waals surface area contributed by atoms with E-state index in [9.17, 15) is 0 Å². The number of hydrogen-bond donors (Lipinski definition) is 2. The van der Waals surface area contributed by atoms with E-state index in [1.165, 1.54) is 0 Å². The molecule has 6 aromatic heterocycles. The number of hydrogen-bond acceptors (Lipinski definition) is 6. The molecule has 0 aromatic carbocycles. The Morgan fingerprint density at radius 1 is 0.967 bits per heavy atom. The largest absolute Gasteiger partial charge is 0.335 e. The highest BCUT2D eigenvalue weighted by molar-refractivity contribution is 5.95. The van der Waals surface area contributed by atoms with Gasteiger partial charge in [0.05, 0.1) is 53.0 Å². The van der Waals surface area contributed by atoms with E-state index in [2.05, 4.69) is 35.1 Å². The average molecular weight is 393 g/mol. The first-order valence-electron chi connectivity index (χ1n) is 9.36. The van der Waals surface area contributed by atoms with Gasteiger partial charge >= 0.3 is 0 Å². The van der Waals surface area contributed by atoms with Crippen molar-refractivity contribution < 1.29 is 0 Å². The molecule has 9 nitrogen and oxygen atoms in total. The van der Waals surface area contributed by atoms with Crippen LogP contribution in [0.2, 0.25) is 0 Å². The zero-order valence-electron chi connectivity index (χ0n) is 15.9. The van der Waals surface area contributed by atoms with Crippen molar-refractivity contribution in [3.63, 3.8) is 0 Å². The van der Waals surface area contributed by atoms with Gasteiger partial charge in [-0.2, -0.15) is 5.10 Å². The number of aromatic nitrogens is 9. The lowest BCUT2D eigenvalue weighted by atomic mass is 10.1. The fourth-order valence-corrected chi connectivity index (χ4v) is 3.55. The summed E-state index contributed by atoms with van der Waals surface area (Å²) in [6, 6.07) is 5.87. The van der Waals surface area contributed by atoms with Crippen LogP contribution in [0.5, 0.6) is 0 Å². The highest BCUT2D eigenvalue weighted by atomic mass is 15.1. The highest BCUT2D eigenvalue weighted by Crippen LogP contribution is 2.30. The van der Waals surface area contributed by atoms with Crippen molar-refractivity contribution in [2.45, 2.75) is 6.92 Å². The van der Waals surface area contributed by atoms with Gasteiger partial charge in [0.2, 0.25) is 0 Å². The zero-order valence-corrected chi connectivity index (χ0v) is 15.9. The fraction of sp³-hybridized carbons (Fsp3) is 0.0476. The third-order valence-electron chi connectivity index (χ3n) is 5.01. The molecule has 0 bridgehead atoms. The standard InChI is InChI=1S/C21H15N9/c1-12-10-30(11-25-12)18-9-23-7-17-20(18)27-21(26-17)19-14-6-15(13-2-4-22-5-3-13)24-8-16(14)28-29-19/h2-11H,1H3,(H,26,27)(H,28,29). The number of imidazole rings is 2. The van der Waals surface area contributed by atoms with Crippen LogP contribution in [0.1, 0.15) is 5.69 Å². The molecular weight excluding hydrogens is 378 g/mol. The molecule has 0 saturated heterocycles. The molecule has 0 radical (unpaired) electrons. The Morgan fingerprint density at radius 3 is 2.70 bits per heavy atom. The monoisotopic (exact) mass is 393 g/mol. The minimum Gasteiger partial charge on any atom is -0.335 e. The Labute approximate surface area is 169 Å². The van der Waals surface area contributed by atoms with E-state index in [0.717, 1.165) is 50.3 Å². The van der Waals surface area contributed by atoms with E-state index >= 15 is 0 Å². The van der Waals surface area contributed by atoms with Gasteiger partial charge in [-0.25, -0.2) is 9.97 Å². The molecule has 0 unspecified atom stereocenters. The maximum absolute atomic E-state index is 4.84. The number of nitrogens with zero attached hydrogens (tertiary/aromatic N) is 7. The van der Waals surface area contributed by atoms with Gasteiger partial charge < -0.3 is 9.55 Å². The van der Waals surface area contributed by atoms with Crippen LogP contribution >= 0.6 is 0 Å². The molecule has 0 fully saturated rings. The summed E-state index contributed by atoms with van der Waals surface area (Å²) < 4.78 is 1.92. The number of pyridine rings is 3. The first kappa shape index (κ1) is 16.5. The van der Waals surface area contributed by atoms with Gasteiger partial charge in [-0.1, -0.05) is 0 Å². The molecular formula is C21H15N9. The predicted octanol–water partition coefficient (Wildman–Crippen LogP) is 3.45. The van der Waals surface area contributed by atoms with Crippen molar-refractivity contribution in [3.05, 3.63) is 67.4 Å². The van der Waals surface area contributed by atoms with Crippen molar-refractivity contribution in [1.82, 2.24) is 44.7 Å². The topological polar surface area (TPSA) is 114 Å². The van der Waals surface area contributed by atoms with E-state index in [1.807, 2.05) is 35.9 Å². The van der Waals surface area contributed by atoms with E-state index < -0.39 is 0 Å². The second-order valence-electron chi connectivity index (χ2n) is 6.99. The molecule has 0 spiro atoms. The van der Waals surface area contributed by atoms with E-state index in [-0.39, 0.29) is 0 Å². The molecule has 6 heterocycles. The summed E-state index contributed by atoms with van der Waals surface area (Å²) in [5.41, 5.74) is 6.82. The minimum absolute atomic E-state index is 0.661. The molecule has 0 amide bonds. The number of aryl methyl sites for hydroxylation is 1. The van der Waals surface area contributed by atoms with E-state index in [4.69, 9.17) is 4.98 Å². The molecule has 2 N–H and O–H groups in total. The van der Waals surface area contributed by atoms with Crippen LogP contribution in [0, 0.1) is 6.92 Å². The van der Waals surface area contributed by atoms with Crippen molar-refractivity contribution in [3.8, 4) is 28.5 Å². The van der Waals surface area contributed by atoms with Gasteiger partial charge in [0.25, 0.3) is 0 Å². The summed E-state index contributed by atoms with van der Waals surface area (Å²) in [7, 11) is 0. The zero-order chi connectivity index (χ0) is 20.1. The summed E-state index contributed by atoms with van der Waals surface area (Å²) in [6.07, 6.45) is 12.5. The predicted molar refractivity (Wildman–Crippen MR) is 112 cm³/mol. The van der Waals surface area contributed by atoms with E-state index in [1.54, 1.807) is 37.3 Å². The maximum atomic E-state index is 4.84. The number of fused-ring (bicyclic) bond motifs is 2. The first-order valence-corrected chi connectivity index (χ1v) is 9.36.